The molecular weight excluding hydrogens is 342 g/mol. The molecule has 2 fully saturated rings. The molecule has 1 N–H and O–H groups in total. The first-order valence-corrected chi connectivity index (χ1v) is 9.64. The van der Waals surface area contributed by atoms with E-state index in [1.165, 1.54) is 6.33 Å². The van der Waals surface area contributed by atoms with Crippen LogP contribution in [0, 0.1) is 5.41 Å². The van der Waals surface area contributed by atoms with Gasteiger partial charge in [-0.2, -0.15) is 5.10 Å². The maximum atomic E-state index is 13.3. The topological polar surface area (TPSA) is 82.2 Å². The van der Waals surface area contributed by atoms with Crippen LogP contribution in [0.1, 0.15) is 43.0 Å². The molecule has 0 saturated carbocycles. The van der Waals surface area contributed by atoms with Crippen molar-refractivity contribution >= 4 is 11.8 Å². The predicted octanol–water partition coefficient (Wildman–Crippen LogP) is 2.34. The number of nitrogens with one attached hydrogen (secondary N) is 1. The first-order chi connectivity index (χ1) is 13.1. The number of benzene rings is 1. The van der Waals surface area contributed by atoms with Gasteiger partial charge in [0, 0.05) is 43.6 Å². The lowest BCUT2D eigenvalue weighted by molar-refractivity contribution is -0.138. The third kappa shape index (κ3) is 3.34. The summed E-state index contributed by atoms with van der Waals surface area (Å²) in [6, 6.07) is 7.53. The number of hydrogen-bond donors (Lipinski definition) is 1. The summed E-state index contributed by atoms with van der Waals surface area (Å²) in [5, 5.41) is 6.76. The monoisotopic (exact) mass is 367 g/mol. The molecule has 1 aromatic carbocycles. The first kappa shape index (κ1) is 17.7. The van der Waals surface area contributed by atoms with Crippen molar-refractivity contribution in [2.45, 2.75) is 32.6 Å². The van der Waals surface area contributed by atoms with Crippen LogP contribution < -0.4 is 0 Å². The summed E-state index contributed by atoms with van der Waals surface area (Å²) in [5.74, 6) is 0.870. The number of aromatic amines is 1. The van der Waals surface area contributed by atoms with Crippen LogP contribution in [0.3, 0.4) is 0 Å². The number of H-pyrrole nitrogens is 1. The molecule has 7 nitrogen and oxygen atoms in total. The van der Waals surface area contributed by atoms with Crippen LogP contribution in [0.4, 0.5) is 0 Å². The highest BCUT2D eigenvalue weighted by molar-refractivity contribution is 6.00. The molecule has 1 spiro atoms. The van der Waals surface area contributed by atoms with Gasteiger partial charge in [-0.1, -0.05) is 18.2 Å². The molecule has 142 valence electrons. The largest absolute Gasteiger partial charge is 0.342 e. The summed E-state index contributed by atoms with van der Waals surface area (Å²) in [5.41, 5.74) is 1.44. The molecule has 0 radical (unpaired) electrons. The maximum Gasteiger partial charge on any atom is 0.254 e. The van der Waals surface area contributed by atoms with E-state index in [1.807, 2.05) is 41.0 Å². The fourth-order valence-electron chi connectivity index (χ4n) is 4.49. The summed E-state index contributed by atoms with van der Waals surface area (Å²) in [7, 11) is 0. The van der Waals surface area contributed by atoms with Crippen molar-refractivity contribution in [1.82, 2.24) is 25.0 Å². The summed E-state index contributed by atoms with van der Waals surface area (Å²) < 4.78 is 0. The normalized spacial score (nSPS) is 23.1. The zero-order chi connectivity index (χ0) is 18.9. The lowest BCUT2D eigenvalue weighted by Gasteiger charge is -2.48. The van der Waals surface area contributed by atoms with Crippen LogP contribution in [0.25, 0.3) is 11.4 Å². The summed E-state index contributed by atoms with van der Waals surface area (Å²) >= 11 is 0. The number of piperidine rings is 2. The molecule has 3 heterocycles. The fraction of sp³-hybridized carbons (Fsp3) is 0.500. The van der Waals surface area contributed by atoms with E-state index in [9.17, 15) is 9.59 Å². The Bertz CT molecular complexity index is 835. The number of carbonyl (C=O) groups is 2. The highest BCUT2D eigenvalue weighted by Crippen LogP contribution is 2.39. The van der Waals surface area contributed by atoms with Crippen molar-refractivity contribution in [1.29, 1.82) is 0 Å². The van der Waals surface area contributed by atoms with Crippen molar-refractivity contribution in [3.8, 4) is 11.4 Å². The molecule has 2 aliphatic rings. The second kappa shape index (κ2) is 7.13. The fourth-order valence-corrected chi connectivity index (χ4v) is 4.49. The maximum absolute atomic E-state index is 13.3. The summed E-state index contributed by atoms with van der Waals surface area (Å²) in [6.07, 6.45) is 4.96. The van der Waals surface area contributed by atoms with Gasteiger partial charge in [0.25, 0.3) is 5.91 Å². The zero-order valence-electron chi connectivity index (χ0n) is 15.6. The van der Waals surface area contributed by atoms with E-state index < -0.39 is 0 Å². The smallest absolute Gasteiger partial charge is 0.254 e. The van der Waals surface area contributed by atoms with Crippen molar-refractivity contribution in [2.75, 3.05) is 26.2 Å². The molecule has 1 aromatic heterocycles. The average molecular weight is 367 g/mol. The van der Waals surface area contributed by atoms with Gasteiger partial charge in [-0.15, -0.1) is 0 Å². The molecule has 0 bridgehead atoms. The Morgan fingerprint density at radius 2 is 2.11 bits per heavy atom. The van der Waals surface area contributed by atoms with E-state index in [-0.39, 0.29) is 17.2 Å². The van der Waals surface area contributed by atoms with Gasteiger partial charge in [0.1, 0.15) is 6.33 Å². The SMILES string of the molecule is CCN1C[C@]2(CCCN(C(=O)c3ccccc3-c3ncn[nH]3)C2)CCC1=O. The van der Waals surface area contributed by atoms with Gasteiger partial charge in [-0.05, 0) is 32.3 Å². The van der Waals surface area contributed by atoms with Gasteiger partial charge in [0.15, 0.2) is 5.82 Å². The number of carbonyl (C=O) groups excluding carboxylic acids is 2. The van der Waals surface area contributed by atoms with Crippen LogP contribution in [0.2, 0.25) is 0 Å². The van der Waals surface area contributed by atoms with E-state index in [0.717, 1.165) is 44.5 Å². The molecule has 2 amide bonds. The van der Waals surface area contributed by atoms with Crippen molar-refractivity contribution in [2.24, 2.45) is 5.41 Å². The van der Waals surface area contributed by atoms with Crippen molar-refractivity contribution in [3.05, 3.63) is 36.2 Å². The standard InChI is InChI=1S/C20H25N5O2/c1-2-24-12-20(10-8-17(24)26)9-5-11-25(13-20)19(27)16-7-4-3-6-15(16)18-21-14-22-23-18/h3-4,6-7,14H,2,5,8-13H2,1H3,(H,21,22,23)/t20-/m0/s1. The Morgan fingerprint density at radius 3 is 2.89 bits per heavy atom. The Labute approximate surface area is 158 Å². The molecule has 7 heteroatoms. The van der Waals surface area contributed by atoms with Gasteiger partial charge in [0.2, 0.25) is 5.91 Å². The molecule has 2 saturated heterocycles. The molecule has 2 aliphatic heterocycles. The molecule has 27 heavy (non-hydrogen) atoms. The Hall–Kier alpha value is -2.70. The Kier molecular flexibility index (Phi) is 4.68. The van der Waals surface area contributed by atoms with Crippen molar-refractivity contribution in [3.63, 3.8) is 0 Å². The van der Waals surface area contributed by atoms with E-state index in [4.69, 9.17) is 0 Å². The van der Waals surface area contributed by atoms with Crippen molar-refractivity contribution < 1.29 is 9.59 Å². The molecule has 0 aliphatic carbocycles. The Morgan fingerprint density at radius 1 is 1.26 bits per heavy atom. The van der Waals surface area contributed by atoms with Gasteiger partial charge in [-0.3, -0.25) is 14.7 Å². The number of nitrogens with zero attached hydrogens (tertiary/aromatic N) is 4. The molecule has 1 atom stereocenters. The van der Waals surface area contributed by atoms with E-state index in [1.54, 1.807) is 0 Å². The Balaban J connectivity index is 1.58. The van der Waals surface area contributed by atoms with Crippen LogP contribution in [0.15, 0.2) is 30.6 Å². The van der Waals surface area contributed by atoms with Gasteiger partial charge in [-0.25, -0.2) is 4.98 Å². The highest BCUT2D eigenvalue weighted by Gasteiger charge is 2.42. The highest BCUT2D eigenvalue weighted by atomic mass is 16.2. The quantitative estimate of drug-likeness (QED) is 0.903. The summed E-state index contributed by atoms with van der Waals surface area (Å²) in [6.45, 7) is 4.99. The lowest BCUT2D eigenvalue weighted by atomic mass is 9.73. The van der Waals surface area contributed by atoms with Crippen LogP contribution in [0.5, 0.6) is 0 Å². The van der Waals surface area contributed by atoms with Gasteiger partial charge < -0.3 is 9.80 Å². The van der Waals surface area contributed by atoms with Crippen LogP contribution in [-0.4, -0.2) is 63.0 Å². The minimum atomic E-state index is 0.0268. The second-order valence-corrected chi connectivity index (χ2v) is 7.62. The van der Waals surface area contributed by atoms with E-state index in [2.05, 4.69) is 15.2 Å². The average Bonchev–Trinajstić information content (AvgIpc) is 3.24. The third-order valence-electron chi connectivity index (χ3n) is 5.91. The number of amides is 2. The number of aromatic nitrogens is 3. The molecule has 4 rings (SSSR count). The van der Waals surface area contributed by atoms with Gasteiger partial charge >= 0.3 is 0 Å². The first-order valence-electron chi connectivity index (χ1n) is 9.64. The molecular formula is C20H25N5O2. The number of rotatable bonds is 3. The lowest BCUT2D eigenvalue weighted by Crippen LogP contribution is -2.55. The van der Waals surface area contributed by atoms with Crippen LogP contribution >= 0.6 is 0 Å². The molecule has 0 unspecified atom stereocenters. The predicted molar refractivity (Wildman–Crippen MR) is 101 cm³/mol. The van der Waals surface area contributed by atoms with E-state index >= 15 is 0 Å². The minimum Gasteiger partial charge on any atom is -0.342 e. The minimum absolute atomic E-state index is 0.0268. The second-order valence-electron chi connectivity index (χ2n) is 7.62. The van der Waals surface area contributed by atoms with Gasteiger partial charge in [0.05, 0.1) is 5.56 Å². The zero-order valence-corrected chi connectivity index (χ0v) is 15.6. The summed E-state index contributed by atoms with van der Waals surface area (Å²) in [4.78, 5) is 33.5. The molecule has 2 aromatic rings. The number of likely N-dealkylation sites (tertiary alicyclic amines) is 2. The number of hydrogen-bond acceptors (Lipinski definition) is 4. The third-order valence-corrected chi connectivity index (χ3v) is 5.91. The van der Waals surface area contributed by atoms with Crippen LogP contribution in [-0.2, 0) is 4.79 Å². The van der Waals surface area contributed by atoms with E-state index in [0.29, 0.717) is 24.4 Å².